The van der Waals surface area contributed by atoms with E-state index in [4.69, 9.17) is 0 Å². The minimum absolute atomic E-state index is 0.0195. The number of para-hydroxylation sites is 1. The van der Waals surface area contributed by atoms with Gasteiger partial charge in [-0.25, -0.2) is 0 Å². The lowest BCUT2D eigenvalue weighted by Crippen LogP contribution is -2.44. The Morgan fingerprint density at radius 1 is 0.972 bits per heavy atom. The molecule has 2 atom stereocenters. The van der Waals surface area contributed by atoms with Crippen LogP contribution < -0.4 is 5.32 Å². The quantitative estimate of drug-likeness (QED) is 0.377. The van der Waals surface area contributed by atoms with E-state index in [-0.39, 0.29) is 29.9 Å². The van der Waals surface area contributed by atoms with Crippen LogP contribution in [0.25, 0.3) is 21.8 Å². The van der Waals surface area contributed by atoms with Gasteiger partial charge in [-0.15, -0.1) is 0 Å². The standard InChI is InChI=1S/C28H27N3O5/c1-17(32)30-14-12-21(18-6-9-20(33)10-7-18)27(30)28(36)29-19-8-11-23-22-4-2-3-5-24(22)31(25(23)16-19)15-13-26(34)35/h2-11,16,21,27,33H,12-15H2,1H3,(H,29,36)(H,34,35)/t21?,27-/m0/s1. The van der Waals surface area contributed by atoms with Crippen LogP contribution in [0, 0.1) is 0 Å². The molecule has 1 aliphatic rings. The Balaban J connectivity index is 1.49. The second-order valence-corrected chi connectivity index (χ2v) is 9.18. The molecular weight excluding hydrogens is 458 g/mol. The van der Waals surface area contributed by atoms with Gasteiger partial charge in [-0.1, -0.05) is 36.4 Å². The Morgan fingerprint density at radius 3 is 2.42 bits per heavy atom. The molecule has 1 aliphatic heterocycles. The average molecular weight is 486 g/mol. The van der Waals surface area contributed by atoms with Crippen molar-refractivity contribution in [2.24, 2.45) is 0 Å². The number of likely N-dealkylation sites (tertiary alicyclic amines) is 1. The molecule has 3 aromatic carbocycles. The fraction of sp³-hybridized carbons (Fsp3) is 0.250. The molecule has 4 aromatic rings. The number of carboxylic acids is 1. The summed E-state index contributed by atoms with van der Waals surface area (Å²) < 4.78 is 1.96. The van der Waals surface area contributed by atoms with Gasteiger partial charge in [0.1, 0.15) is 11.8 Å². The first-order valence-electron chi connectivity index (χ1n) is 11.9. The number of nitrogens with one attached hydrogen (secondary N) is 1. The van der Waals surface area contributed by atoms with E-state index in [1.165, 1.54) is 6.92 Å². The SMILES string of the molecule is CC(=O)N1CCC(c2ccc(O)cc2)[C@H]1C(=O)Nc1ccc2c3ccccc3n(CCC(=O)O)c2c1. The van der Waals surface area contributed by atoms with Crippen molar-refractivity contribution in [2.75, 3.05) is 11.9 Å². The number of hydrogen-bond acceptors (Lipinski definition) is 4. The molecule has 2 amide bonds. The van der Waals surface area contributed by atoms with Crippen molar-refractivity contribution in [1.29, 1.82) is 0 Å². The number of fused-ring (bicyclic) bond motifs is 3. The van der Waals surface area contributed by atoms with Gasteiger partial charge in [0.15, 0.2) is 0 Å². The summed E-state index contributed by atoms with van der Waals surface area (Å²) in [7, 11) is 0. The third-order valence-electron chi connectivity index (χ3n) is 6.98. The number of rotatable bonds is 6. The number of carbonyl (C=O) groups is 3. The highest BCUT2D eigenvalue weighted by atomic mass is 16.4. The van der Waals surface area contributed by atoms with Gasteiger partial charge in [0, 0.05) is 47.9 Å². The zero-order valence-electron chi connectivity index (χ0n) is 19.8. The molecule has 8 heteroatoms. The smallest absolute Gasteiger partial charge is 0.305 e. The number of phenols is 1. The van der Waals surface area contributed by atoms with Crippen LogP contribution in [0.1, 0.15) is 31.2 Å². The first-order chi connectivity index (χ1) is 17.3. The Morgan fingerprint density at radius 2 is 1.69 bits per heavy atom. The third kappa shape index (κ3) is 4.26. The number of amides is 2. The van der Waals surface area contributed by atoms with Crippen LogP contribution in [0.3, 0.4) is 0 Å². The lowest BCUT2D eigenvalue weighted by molar-refractivity contribution is -0.137. The van der Waals surface area contributed by atoms with Crippen molar-refractivity contribution in [2.45, 2.75) is 38.3 Å². The van der Waals surface area contributed by atoms with Gasteiger partial charge < -0.3 is 25.0 Å². The van der Waals surface area contributed by atoms with Crippen LogP contribution in [0.5, 0.6) is 5.75 Å². The molecule has 0 bridgehead atoms. The van der Waals surface area contributed by atoms with E-state index in [1.807, 2.05) is 47.0 Å². The fourth-order valence-electron chi connectivity index (χ4n) is 5.33. The van der Waals surface area contributed by atoms with E-state index < -0.39 is 12.0 Å². The topological polar surface area (TPSA) is 112 Å². The maximum absolute atomic E-state index is 13.5. The molecular formula is C28H27N3O5. The van der Waals surface area contributed by atoms with Crippen molar-refractivity contribution < 1.29 is 24.6 Å². The number of carbonyl (C=O) groups excluding carboxylic acids is 2. The van der Waals surface area contributed by atoms with Crippen molar-refractivity contribution >= 4 is 45.3 Å². The molecule has 0 saturated carbocycles. The molecule has 0 spiro atoms. The predicted molar refractivity (Wildman–Crippen MR) is 137 cm³/mol. The normalized spacial score (nSPS) is 17.5. The third-order valence-corrected chi connectivity index (χ3v) is 6.98. The molecule has 184 valence electrons. The second-order valence-electron chi connectivity index (χ2n) is 9.18. The van der Waals surface area contributed by atoms with Crippen LogP contribution in [-0.2, 0) is 20.9 Å². The van der Waals surface area contributed by atoms with Crippen molar-refractivity contribution in [3.63, 3.8) is 0 Å². The average Bonchev–Trinajstić information content (AvgIpc) is 3.43. The number of carboxylic acid groups (broad SMARTS) is 1. The van der Waals surface area contributed by atoms with Gasteiger partial charge in [0.05, 0.1) is 11.9 Å². The van der Waals surface area contributed by atoms with Crippen LogP contribution >= 0.6 is 0 Å². The van der Waals surface area contributed by atoms with Gasteiger partial charge >= 0.3 is 5.97 Å². The summed E-state index contributed by atoms with van der Waals surface area (Å²) in [6.07, 6.45) is 0.624. The maximum atomic E-state index is 13.5. The molecule has 3 N–H and O–H groups in total. The molecule has 1 saturated heterocycles. The molecule has 1 unspecified atom stereocenters. The van der Waals surface area contributed by atoms with E-state index >= 15 is 0 Å². The molecule has 0 aliphatic carbocycles. The summed E-state index contributed by atoms with van der Waals surface area (Å²) in [5, 5.41) is 23.9. The highest BCUT2D eigenvalue weighted by Crippen LogP contribution is 2.36. The molecule has 36 heavy (non-hydrogen) atoms. The van der Waals surface area contributed by atoms with Gasteiger partial charge in [0.25, 0.3) is 0 Å². The van der Waals surface area contributed by atoms with Crippen LogP contribution in [0.15, 0.2) is 66.7 Å². The molecule has 5 rings (SSSR count). The number of benzene rings is 3. The van der Waals surface area contributed by atoms with E-state index in [1.54, 1.807) is 29.2 Å². The summed E-state index contributed by atoms with van der Waals surface area (Å²) in [5.41, 5.74) is 3.23. The highest BCUT2D eigenvalue weighted by Gasteiger charge is 2.41. The summed E-state index contributed by atoms with van der Waals surface area (Å²) in [4.78, 5) is 38.7. The molecule has 8 nitrogen and oxygen atoms in total. The lowest BCUT2D eigenvalue weighted by Gasteiger charge is -2.27. The summed E-state index contributed by atoms with van der Waals surface area (Å²) in [6.45, 7) is 2.24. The van der Waals surface area contributed by atoms with Gasteiger partial charge in [-0.3, -0.25) is 14.4 Å². The van der Waals surface area contributed by atoms with Crippen molar-refractivity contribution in [3.8, 4) is 5.75 Å². The number of aliphatic carboxylic acids is 1. The number of aromatic hydroxyl groups is 1. The van der Waals surface area contributed by atoms with Gasteiger partial charge in [-0.2, -0.15) is 0 Å². The van der Waals surface area contributed by atoms with Gasteiger partial charge in [-0.05, 0) is 42.3 Å². The second kappa shape index (κ2) is 9.37. The zero-order chi connectivity index (χ0) is 25.4. The largest absolute Gasteiger partial charge is 0.508 e. The fourth-order valence-corrected chi connectivity index (χ4v) is 5.33. The number of nitrogens with zero attached hydrogens (tertiary/aromatic N) is 2. The van der Waals surface area contributed by atoms with E-state index in [9.17, 15) is 24.6 Å². The number of phenolic OH excluding ortho intramolecular Hbond substituents is 1. The number of aromatic nitrogens is 1. The van der Waals surface area contributed by atoms with Crippen LogP contribution in [0.2, 0.25) is 0 Å². The molecule has 2 heterocycles. The van der Waals surface area contributed by atoms with Crippen LogP contribution in [0.4, 0.5) is 5.69 Å². The van der Waals surface area contributed by atoms with E-state index in [0.29, 0.717) is 25.2 Å². The van der Waals surface area contributed by atoms with Gasteiger partial charge in [0.2, 0.25) is 11.8 Å². The monoisotopic (exact) mass is 485 g/mol. The molecule has 1 fully saturated rings. The van der Waals surface area contributed by atoms with Crippen molar-refractivity contribution in [1.82, 2.24) is 9.47 Å². The number of anilines is 1. The maximum Gasteiger partial charge on any atom is 0.305 e. The molecule has 1 aromatic heterocycles. The Bertz CT molecular complexity index is 1470. The first-order valence-corrected chi connectivity index (χ1v) is 11.9. The lowest BCUT2D eigenvalue weighted by atomic mass is 9.91. The Labute approximate surface area is 207 Å². The zero-order valence-corrected chi connectivity index (χ0v) is 19.8. The van der Waals surface area contributed by atoms with E-state index in [0.717, 1.165) is 27.4 Å². The predicted octanol–water partition coefficient (Wildman–Crippen LogP) is 4.32. The summed E-state index contributed by atoms with van der Waals surface area (Å²) >= 11 is 0. The number of aryl methyl sites for hydroxylation is 1. The number of hydrogen-bond donors (Lipinski definition) is 3. The highest BCUT2D eigenvalue weighted by molar-refractivity contribution is 6.09. The minimum Gasteiger partial charge on any atom is -0.508 e. The van der Waals surface area contributed by atoms with E-state index in [2.05, 4.69) is 5.32 Å². The summed E-state index contributed by atoms with van der Waals surface area (Å²) in [6, 6.07) is 19.5. The minimum atomic E-state index is -0.879. The molecule has 0 radical (unpaired) electrons. The van der Waals surface area contributed by atoms with Crippen molar-refractivity contribution in [3.05, 3.63) is 72.3 Å². The first kappa shape index (κ1) is 23.4. The van der Waals surface area contributed by atoms with Crippen LogP contribution in [-0.4, -0.2) is 50.1 Å². The summed E-state index contributed by atoms with van der Waals surface area (Å²) in [5.74, 6) is -1.38. The Kier molecular flexibility index (Phi) is 6.10. The Hall–Kier alpha value is -4.33.